The van der Waals surface area contributed by atoms with E-state index in [4.69, 9.17) is 4.74 Å². The Labute approximate surface area is 105 Å². The number of aromatic nitrogens is 3. The van der Waals surface area contributed by atoms with Crippen molar-refractivity contribution in [1.82, 2.24) is 20.1 Å². The Balaban J connectivity index is 1.82. The van der Waals surface area contributed by atoms with Crippen LogP contribution in [0.3, 0.4) is 0 Å². The monoisotopic (exact) mass is 254 g/mol. The second kappa shape index (κ2) is 4.58. The SMILES string of the molecule is O[C@@H]1CN(Cc2ncn[nH]2)C2(CCOCC2)[C@@H]1O. The lowest BCUT2D eigenvalue weighted by Gasteiger charge is -2.42. The molecule has 1 aromatic rings. The molecule has 1 aromatic heterocycles. The number of rotatable bonds is 2. The number of β-amino-alcohol motifs (C(OH)–C–C–N with tert-alkyl or cyclic N) is 1. The number of aliphatic hydroxyl groups excluding tert-OH is 2. The van der Waals surface area contributed by atoms with E-state index < -0.39 is 12.2 Å². The molecule has 0 amide bonds. The zero-order valence-corrected chi connectivity index (χ0v) is 10.1. The largest absolute Gasteiger partial charge is 0.389 e. The summed E-state index contributed by atoms with van der Waals surface area (Å²) in [6, 6.07) is 0. The fourth-order valence-electron chi connectivity index (χ4n) is 3.10. The lowest BCUT2D eigenvalue weighted by molar-refractivity contribution is -0.0734. The van der Waals surface area contributed by atoms with Crippen LogP contribution in [0.5, 0.6) is 0 Å². The maximum Gasteiger partial charge on any atom is 0.138 e. The number of H-pyrrole nitrogens is 1. The van der Waals surface area contributed by atoms with Gasteiger partial charge >= 0.3 is 0 Å². The van der Waals surface area contributed by atoms with Crippen molar-refractivity contribution in [2.24, 2.45) is 0 Å². The summed E-state index contributed by atoms with van der Waals surface area (Å²) in [6.07, 6.45) is 1.52. The molecule has 0 aromatic carbocycles. The van der Waals surface area contributed by atoms with Crippen molar-refractivity contribution in [1.29, 1.82) is 0 Å². The number of nitrogens with one attached hydrogen (secondary N) is 1. The lowest BCUT2D eigenvalue weighted by atomic mass is 9.84. The Morgan fingerprint density at radius 2 is 2.22 bits per heavy atom. The normalized spacial score (nSPS) is 32.1. The highest BCUT2D eigenvalue weighted by Crippen LogP contribution is 2.38. The number of hydrogen-bond donors (Lipinski definition) is 3. The second-order valence-corrected chi connectivity index (χ2v) is 5.04. The highest BCUT2D eigenvalue weighted by Gasteiger charge is 2.53. The fraction of sp³-hybridized carbons (Fsp3) is 0.818. The highest BCUT2D eigenvalue weighted by atomic mass is 16.5. The molecule has 2 atom stereocenters. The number of aromatic amines is 1. The smallest absolute Gasteiger partial charge is 0.138 e. The first kappa shape index (κ1) is 12.0. The molecule has 2 saturated heterocycles. The molecule has 0 unspecified atom stereocenters. The Morgan fingerprint density at radius 1 is 1.44 bits per heavy atom. The molecule has 7 nitrogen and oxygen atoms in total. The second-order valence-electron chi connectivity index (χ2n) is 5.04. The van der Waals surface area contributed by atoms with Gasteiger partial charge < -0.3 is 14.9 Å². The van der Waals surface area contributed by atoms with Crippen LogP contribution in [0.2, 0.25) is 0 Å². The lowest BCUT2D eigenvalue weighted by Crippen LogP contribution is -2.54. The Hall–Kier alpha value is -1.02. The molecule has 3 N–H and O–H groups in total. The number of ether oxygens (including phenoxy) is 1. The Morgan fingerprint density at radius 3 is 2.89 bits per heavy atom. The highest BCUT2D eigenvalue weighted by molar-refractivity contribution is 5.08. The van der Waals surface area contributed by atoms with Crippen LogP contribution >= 0.6 is 0 Å². The molecule has 0 bridgehead atoms. The molecule has 2 fully saturated rings. The van der Waals surface area contributed by atoms with Gasteiger partial charge in [-0.25, -0.2) is 4.98 Å². The average Bonchev–Trinajstić information content (AvgIpc) is 2.96. The molecule has 2 aliphatic rings. The van der Waals surface area contributed by atoms with Crippen molar-refractivity contribution in [2.75, 3.05) is 19.8 Å². The first-order valence-electron chi connectivity index (χ1n) is 6.25. The molecule has 1 spiro atoms. The number of aliphatic hydroxyl groups is 2. The molecule has 18 heavy (non-hydrogen) atoms. The molecule has 3 rings (SSSR count). The van der Waals surface area contributed by atoms with Crippen LogP contribution in [0.4, 0.5) is 0 Å². The van der Waals surface area contributed by atoms with Gasteiger partial charge in [0.2, 0.25) is 0 Å². The van der Waals surface area contributed by atoms with Gasteiger partial charge in [0.1, 0.15) is 12.2 Å². The van der Waals surface area contributed by atoms with Crippen molar-refractivity contribution in [2.45, 2.75) is 37.1 Å². The maximum absolute atomic E-state index is 10.3. The van der Waals surface area contributed by atoms with Gasteiger partial charge in [-0.05, 0) is 12.8 Å². The predicted molar refractivity (Wildman–Crippen MR) is 61.6 cm³/mol. The number of nitrogens with zero attached hydrogens (tertiary/aromatic N) is 3. The van der Waals surface area contributed by atoms with E-state index >= 15 is 0 Å². The van der Waals surface area contributed by atoms with Gasteiger partial charge in [-0.15, -0.1) is 0 Å². The number of likely N-dealkylation sites (tertiary alicyclic amines) is 1. The van der Waals surface area contributed by atoms with Crippen molar-refractivity contribution in [3.63, 3.8) is 0 Å². The van der Waals surface area contributed by atoms with Crippen LogP contribution in [0, 0.1) is 0 Å². The van der Waals surface area contributed by atoms with Crippen molar-refractivity contribution in [3.05, 3.63) is 12.2 Å². The van der Waals surface area contributed by atoms with Crippen LogP contribution in [0.1, 0.15) is 18.7 Å². The molecular weight excluding hydrogens is 236 g/mol. The number of hydrogen-bond acceptors (Lipinski definition) is 6. The summed E-state index contributed by atoms with van der Waals surface area (Å²) in [5.74, 6) is 0.752. The summed E-state index contributed by atoms with van der Waals surface area (Å²) < 4.78 is 5.37. The van der Waals surface area contributed by atoms with E-state index in [0.29, 0.717) is 26.3 Å². The van der Waals surface area contributed by atoms with Crippen LogP contribution < -0.4 is 0 Å². The van der Waals surface area contributed by atoms with Crippen LogP contribution in [0.25, 0.3) is 0 Å². The van der Waals surface area contributed by atoms with Crippen LogP contribution in [-0.2, 0) is 11.3 Å². The van der Waals surface area contributed by atoms with E-state index in [1.807, 2.05) is 0 Å². The van der Waals surface area contributed by atoms with Gasteiger partial charge in [0.05, 0.1) is 24.3 Å². The molecular formula is C11H18N4O3. The maximum atomic E-state index is 10.3. The van der Waals surface area contributed by atoms with E-state index in [0.717, 1.165) is 18.7 Å². The molecule has 0 saturated carbocycles. The van der Waals surface area contributed by atoms with Crippen molar-refractivity contribution < 1.29 is 14.9 Å². The van der Waals surface area contributed by atoms with Gasteiger partial charge in [-0.1, -0.05) is 0 Å². The summed E-state index contributed by atoms with van der Waals surface area (Å²) in [5, 5.41) is 26.9. The third-order valence-corrected chi connectivity index (χ3v) is 4.12. The predicted octanol–water partition coefficient (Wildman–Crippen LogP) is -1.11. The van der Waals surface area contributed by atoms with Crippen LogP contribution in [0.15, 0.2) is 6.33 Å². The zero-order chi connectivity index (χ0) is 12.6. The minimum Gasteiger partial charge on any atom is -0.389 e. The van der Waals surface area contributed by atoms with Crippen molar-refractivity contribution >= 4 is 0 Å². The topological polar surface area (TPSA) is 94.5 Å². The van der Waals surface area contributed by atoms with E-state index in [-0.39, 0.29) is 5.54 Å². The standard InChI is InChI=1S/C11H18N4O3/c16-8-5-15(6-9-12-7-13-14-9)11(10(8)17)1-3-18-4-2-11/h7-8,10,16-17H,1-6H2,(H,12,13,14)/t8-,10-/m1/s1. The molecule has 7 heteroatoms. The summed E-state index contributed by atoms with van der Waals surface area (Å²) in [6.45, 7) is 2.27. The van der Waals surface area contributed by atoms with Gasteiger partial charge in [0.15, 0.2) is 0 Å². The molecule has 3 heterocycles. The first-order chi connectivity index (χ1) is 8.72. The molecule has 100 valence electrons. The third kappa shape index (κ3) is 1.83. The Kier molecular flexibility index (Phi) is 3.06. The third-order valence-electron chi connectivity index (χ3n) is 4.12. The summed E-state index contributed by atoms with van der Waals surface area (Å²) in [5.41, 5.74) is -0.384. The minimum atomic E-state index is -0.718. The quantitative estimate of drug-likeness (QED) is 0.619. The van der Waals surface area contributed by atoms with E-state index in [2.05, 4.69) is 20.1 Å². The van der Waals surface area contributed by atoms with E-state index in [1.54, 1.807) is 0 Å². The van der Waals surface area contributed by atoms with E-state index in [9.17, 15) is 10.2 Å². The minimum absolute atomic E-state index is 0.384. The summed E-state index contributed by atoms with van der Waals surface area (Å²) in [4.78, 5) is 6.21. The first-order valence-corrected chi connectivity index (χ1v) is 6.25. The molecule has 2 aliphatic heterocycles. The van der Waals surface area contributed by atoms with E-state index in [1.165, 1.54) is 6.33 Å². The molecule has 0 radical (unpaired) electrons. The Bertz CT molecular complexity index is 391. The average molecular weight is 254 g/mol. The van der Waals surface area contributed by atoms with Gasteiger partial charge in [0.25, 0.3) is 0 Å². The van der Waals surface area contributed by atoms with Gasteiger partial charge in [-0.2, -0.15) is 5.10 Å². The van der Waals surface area contributed by atoms with Gasteiger partial charge in [-0.3, -0.25) is 10.00 Å². The van der Waals surface area contributed by atoms with Gasteiger partial charge in [0, 0.05) is 19.8 Å². The molecule has 0 aliphatic carbocycles. The summed E-state index contributed by atoms with van der Waals surface area (Å²) in [7, 11) is 0. The van der Waals surface area contributed by atoms with Crippen molar-refractivity contribution in [3.8, 4) is 0 Å². The fourth-order valence-corrected chi connectivity index (χ4v) is 3.10. The summed E-state index contributed by atoms with van der Waals surface area (Å²) >= 11 is 0. The van der Waals surface area contributed by atoms with Crippen LogP contribution in [-0.4, -0.2) is 67.8 Å². The zero-order valence-electron chi connectivity index (χ0n) is 10.1.